The second-order valence-corrected chi connectivity index (χ2v) is 12.2. The fraction of sp³-hybridized carbons (Fsp3) is 0.519. The zero-order valence-electron chi connectivity index (χ0n) is 20.3. The number of carboxylic acids is 1. The Morgan fingerprint density at radius 2 is 1.77 bits per heavy atom. The summed E-state index contributed by atoms with van der Waals surface area (Å²) >= 11 is 0. The van der Waals surface area contributed by atoms with Crippen LogP contribution in [0.4, 0.5) is 5.69 Å². The number of hydrogen-bond donors (Lipinski definition) is 1. The maximum atomic E-state index is 13.4. The molecule has 1 N–H and O–H groups in total. The van der Waals surface area contributed by atoms with E-state index in [1.165, 1.54) is 4.90 Å². The van der Waals surface area contributed by atoms with E-state index >= 15 is 0 Å². The Morgan fingerprint density at radius 3 is 2.49 bits per heavy atom. The number of rotatable bonds is 7. The number of sulfone groups is 1. The molecule has 35 heavy (non-hydrogen) atoms. The van der Waals surface area contributed by atoms with Crippen LogP contribution in [0.3, 0.4) is 0 Å². The summed E-state index contributed by atoms with van der Waals surface area (Å²) in [5.41, 5.74) is 1.36. The zero-order valence-corrected chi connectivity index (χ0v) is 21.2. The molecule has 1 amide bonds. The largest absolute Gasteiger partial charge is 0.480 e. The lowest BCUT2D eigenvalue weighted by Crippen LogP contribution is -2.46. The summed E-state index contributed by atoms with van der Waals surface area (Å²) in [6, 6.07) is 12.1. The maximum absolute atomic E-state index is 13.4. The van der Waals surface area contributed by atoms with Crippen LogP contribution in [-0.2, 0) is 19.4 Å². The van der Waals surface area contributed by atoms with E-state index in [1.54, 1.807) is 42.6 Å². The Labute approximate surface area is 207 Å². The predicted octanol–water partition coefficient (Wildman–Crippen LogP) is 4.54. The van der Waals surface area contributed by atoms with Crippen LogP contribution in [-0.4, -0.2) is 42.7 Å². The van der Waals surface area contributed by atoms with E-state index < -0.39 is 15.8 Å². The number of benzene rings is 1. The molecule has 0 spiro atoms. The van der Waals surface area contributed by atoms with Gasteiger partial charge in [-0.1, -0.05) is 51.3 Å². The van der Waals surface area contributed by atoms with Gasteiger partial charge in [0.1, 0.15) is 6.54 Å². The Morgan fingerprint density at radius 1 is 1.06 bits per heavy atom. The fourth-order valence-corrected chi connectivity index (χ4v) is 7.60. The van der Waals surface area contributed by atoms with Crippen LogP contribution in [0, 0.1) is 23.7 Å². The fourth-order valence-electron chi connectivity index (χ4n) is 5.78. The van der Waals surface area contributed by atoms with Crippen LogP contribution in [0.5, 0.6) is 0 Å². The van der Waals surface area contributed by atoms with Crippen molar-refractivity contribution in [1.29, 1.82) is 0 Å². The molecule has 1 aliphatic heterocycles. The SMILES string of the molecule is CC1CCC(CC2C(=O)N(CC(=O)O)c3cccnc3C2C)CCC1CS(=O)(=O)c1ccccc1. The van der Waals surface area contributed by atoms with Crippen molar-refractivity contribution in [2.24, 2.45) is 23.7 Å². The lowest BCUT2D eigenvalue weighted by Gasteiger charge is -2.38. The molecular formula is C27H34N2O5S. The van der Waals surface area contributed by atoms with E-state index in [4.69, 9.17) is 0 Å². The van der Waals surface area contributed by atoms with Crippen LogP contribution < -0.4 is 4.90 Å². The summed E-state index contributed by atoms with van der Waals surface area (Å²) in [6.45, 7) is 3.76. The number of aliphatic carboxylic acids is 1. The van der Waals surface area contributed by atoms with E-state index in [2.05, 4.69) is 11.9 Å². The van der Waals surface area contributed by atoms with E-state index in [9.17, 15) is 23.1 Å². The molecule has 0 radical (unpaired) electrons. The molecule has 2 aliphatic rings. The van der Waals surface area contributed by atoms with Crippen LogP contribution in [0.25, 0.3) is 0 Å². The number of aromatic nitrogens is 1. The van der Waals surface area contributed by atoms with Gasteiger partial charge in [-0.3, -0.25) is 19.5 Å². The first-order chi connectivity index (χ1) is 16.7. The van der Waals surface area contributed by atoms with Crippen LogP contribution in [0.15, 0.2) is 53.6 Å². The van der Waals surface area contributed by atoms with Crippen molar-refractivity contribution in [3.05, 3.63) is 54.4 Å². The highest BCUT2D eigenvalue weighted by molar-refractivity contribution is 7.91. The molecule has 2 heterocycles. The summed E-state index contributed by atoms with van der Waals surface area (Å²) in [4.78, 5) is 31.1. The first-order valence-corrected chi connectivity index (χ1v) is 14.1. The van der Waals surface area contributed by atoms with Crippen LogP contribution >= 0.6 is 0 Å². The van der Waals surface area contributed by atoms with Crippen molar-refractivity contribution >= 4 is 27.4 Å². The third kappa shape index (κ3) is 5.58. The lowest BCUT2D eigenvalue weighted by atomic mass is 9.77. The number of anilines is 1. The molecule has 188 valence electrons. The van der Waals surface area contributed by atoms with E-state index in [-0.39, 0.29) is 47.8 Å². The number of amides is 1. The molecule has 5 unspecified atom stereocenters. The van der Waals surface area contributed by atoms with Gasteiger partial charge in [-0.15, -0.1) is 0 Å². The predicted molar refractivity (Wildman–Crippen MR) is 134 cm³/mol. The van der Waals surface area contributed by atoms with Crippen LogP contribution in [0.1, 0.15) is 57.6 Å². The minimum absolute atomic E-state index is 0.0792. The summed E-state index contributed by atoms with van der Waals surface area (Å²) in [6.07, 6.45) is 5.88. The third-order valence-electron chi connectivity index (χ3n) is 7.92. The second-order valence-electron chi connectivity index (χ2n) is 10.2. The molecule has 1 aromatic carbocycles. The Balaban J connectivity index is 1.47. The Bertz CT molecular complexity index is 1170. The van der Waals surface area contributed by atoms with Gasteiger partial charge in [0.05, 0.1) is 22.0 Å². The normalized spacial score (nSPS) is 27.2. The third-order valence-corrected chi connectivity index (χ3v) is 9.78. The number of carbonyl (C=O) groups excluding carboxylic acids is 1. The monoisotopic (exact) mass is 498 g/mol. The molecule has 1 aromatic heterocycles. The van der Waals surface area contributed by atoms with Gasteiger partial charge in [0, 0.05) is 18.0 Å². The van der Waals surface area contributed by atoms with Gasteiger partial charge in [-0.25, -0.2) is 8.42 Å². The van der Waals surface area contributed by atoms with Gasteiger partial charge in [0.2, 0.25) is 5.91 Å². The maximum Gasteiger partial charge on any atom is 0.323 e. The molecule has 8 heteroatoms. The minimum atomic E-state index is -3.35. The number of fused-ring (bicyclic) bond motifs is 1. The number of hydrogen-bond acceptors (Lipinski definition) is 5. The molecular weight excluding hydrogens is 464 g/mol. The van der Waals surface area contributed by atoms with Crippen molar-refractivity contribution in [3.63, 3.8) is 0 Å². The van der Waals surface area contributed by atoms with Gasteiger partial charge < -0.3 is 5.11 Å². The molecule has 0 saturated heterocycles. The number of carbonyl (C=O) groups is 2. The highest BCUT2D eigenvalue weighted by Crippen LogP contribution is 2.43. The lowest BCUT2D eigenvalue weighted by molar-refractivity contribution is -0.137. The van der Waals surface area contributed by atoms with Gasteiger partial charge in [-0.05, 0) is 54.9 Å². The van der Waals surface area contributed by atoms with Gasteiger partial charge in [0.15, 0.2) is 9.84 Å². The highest BCUT2D eigenvalue weighted by atomic mass is 32.2. The van der Waals surface area contributed by atoms with Crippen molar-refractivity contribution in [1.82, 2.24) is 4.98 Å². The van der Waals surface area contributed by atoms with Gasteiger partial charge in [0.25, 0.3) is 0 Å². The number of nitrogens with zero attached hydrogens (tertiary/aromatic N) is 2. The molecule has 4 rings (SSSR count). The quantitative estimate of drug-likeness (QED) is 0.562. The van der Waals surface area contributed by atoms with Crippen molar-refractivity contribution < 1.29 is 23.1 Å². The van der Waals surface area contributed by atoms with E-state index in [0.717, 1.165) is 31.4 Å². The van der Waals surface area contributed by atoms with E-state index in [0.29, 0.717) is 17.0 Å². The first kappa shape index (κ1) is 25.4. The number of pyridine rings is 1. The molecule has 0 bridgehead atoms. The topological polar surface area (TPSA) is 105 Å². The molecule has 1 aliphatic carbocycles. The Hall–Kier alpha value is -2.74. The average molecular weight is 499 g/mol. The Kier molecular flexibility index (Phi) is 7.59. The number of carboxylic acid groups (broad SMARTS) is 1. The highest BCUT2D eigenvalue weighted by Gasteiger charge is 2.41. The summed E-state index contributed by atoms with van der Waals surface area (Å²) in [7, 11) is -3.35. The van der Waals surface area contributed by atoms with Gasteiger partial charge in [-0.2, -0.15) is 0 Å². The smallest absolute Gasteiger partial charge is 0.323 e. The minimum Gasteiger partial charge on any atom is -0.480 e. The van der Waals surface area contributed by atoms with Crippen molar-refractivity contribution in [2.75, 3.05) is 17.2 Å². The molecule has 7 nitrogen and oxygen atoms in total. The van der Waals surface area contributed by atoms with Gasteiger partial charge >= 0.3 is 5.97 Å². The standard InChI is InChI=1S/C27H34N2O5S/c1-18-10-11-20(12-13-21(18)17-35(33,34)22-7-4-3-5-8-22)15-23-19(2)26-24(9-6-14-28-26)29(27(23)32)16-25(30)31/h3-9,14,18-21,23H,10-13,15-17H2,1-2H3,(H,30,31). The molecule has 2 aromatic rings. The van der Waals surface area contributed by atoms with E-state index in [1.807, 2.05) is 13.0 Å². The molecule has 1 fully saturated rings. The van der Waals surface area contributed by atoms with Crippen LogP contribution in [0.2, 0.25) is 0 Å². The summed E-state index contributed by atoms with van der Waals surface area (Å²) in [5, 5.41) is 9.39. The molecule has 5 atom stereocenters. The molecule has 1 saturated carbocycles. The first-order valence-electron chi connectivity index (χ1n) is 12.4. The average Bonchev–Trinajstić information content (AvgIpc) is 3.01. The zero-order chi connectivity index (χ0) is 25.2. The van der Waals surface area contributed by atoms with Crippen molar-refractivity contribution in [2.45, 2.75) is 56.8 Å². The summed E-state index contributed by atoms with van der Waals surface area (Å²) in [5.74, 6) is -0.837. The van der Waals surface area contributed by atoms with Crippen molar-refractivity contribution in [3.8, 4) is 0 Å². The summed E-state index contributed by atoms with van der Waals surface area (Å²) < 4.78 is 26.0. The second kappa shape index (κ2) is 10.5.